The van der Waals surface area contributed by atoms with E-state index in [4.69, 9.17) is 4.74 Å². The summed E-state index contributed by atoms with van der Waals surface area (Å²) in [5, 5.41) is 2.80. The minimum Gasteiger partial charge on any atom is -0.449 e. The van der Waals surface area contributed by atoms with E-state index in [2.05, 4.69) is 22.0 Å². The molecule has 0 saturated heterocycles. The molecule has 1 N–H and O–H groups in total. The predicted octanol–water partition coefficient (Wildman–Crippen LogP) is 4.01. The lowest BCUT2D eigenvalue weighted by atomic mass is 10.2. The molecule has 0 unspecified atom stereocenters. The van der Waals surface area contributed by atoms with Crippen molar-refractivity contribution >= 4 is 11.9 Å². The van der Waals surface area contributed by atoms with Gasteiger partial charge in [0.15, 0.2) is 6.10 Å². The molecule has 1 aromatic heterocycles. The van der Waals surface area contributed by atoms with Crippen molar-refractivity contribution in [2.45, 2.75) is 40.0 Å². The van der Waals surface area contributed by atoms with Crippen LogP contribution in [0.5, 0.6) is 0 Å². The number of esters is 1. The van der Waals surface area contributed by atoms with Gasteiger partial charge in [0, 0.05) is 24.5 Å². The summed E-state index contributed by atoms with van der Waals surface area (Å²) in [4.78, 5) is 24.9. The Kier molecular flexibility index (Phi) is 6.50. The van der Waals surface area contributed by atoms with Crippen LogP contribution < -0.4 is 5.32 Å². The summed E-state index contributed by atoms with van der Waals surface area (Å²) in [6.45, 7) is 6.52. The van der Waals surface area contributed by atoms with E-state index in [9.17, 15) is 9.59 Å². The average molecular weight is 390 g/mol. The molecule has 2 aromatic carbocycles. The molecule has 3 rings (SSSR count). The molecule has 0 bridgehead atoms. The summed E-state index contributed by atoms with van der Waals surface area (Å²) in [5.41, 5.74) is 4.43. The van der Waals surface area contributed by atoms with E-state index in [1.54, 1.807) is 6.92 Å². The number of nitrogens with one attached hydrogen (secondary N) is 1. The van der Waals surface area contributed by atoms with Crippen LogP contribution in [0.3, 0.4) is 0 Å². The first-order chi connectivity index (χ1) is 14.0. The number of rotatable bonds is 7. The Morgan fingerprint density at radius 1 is 0.966 bits per heavy atom. The summed E-state index contributed by atoms with van der Waals surface area (Å²) >= 11 is 0. The second-order valence-electron chi connectivity index (χ2n) is 7.11. The zero-order chi connectivity index (χ0) is 20.8. The lowest BCUT2D eigenvalue weighted by Gasteiger charge is -2.14. The number of hydrogen-bond donors (Lipinski definition) is 1. The summed E-state index contributed by atoms with van der Waals surface area (Å²) in [6, 6.07) is 21.5. The Labute approximate surface area is 171 Å². The molecule has 29 heavy (non-hydrogen) atoms. The van der Waals surface area contributed by atoms with Gasteiger partial charge >= 0.3 is 5.97 Å². The molecule has 5 heteroatoms. The molecule has 150 valence electrons. The van der Waals surface area contributed by atoms with Crippen LogP contribution in [0, 0.1) is 13.8 Å². The number of carbonyl (C=O) groups excluding carboxylic acids is 2. The van der Waals surface area contributed by atoms with Gasteiger partial charge < -0.3 is 14.6 Å². The van der Waals surface area contributed by atoms with Crippen LogP contribution >= 0.6 is 0 Å². The first-order valence-electron chi connectivity index (χ1n) is 9.69. The third-order valence-corrected chi connectivity index (χ3v) is 4.94. The standard InChI is InChI=1S/C24H26N2O3/c1-17-14-22(18(2)26(17)16-21-12-8-5-9-13-21)24(28)29-19(3)23(27)25-15-20-10-6-4-7-11-20/h4-14,19H,15-16H2,1-3H3,(H,25,27)/t19-/m1/s1. The number of nitrogens with zero attached hydrogens (tertiary/aromatic N) is 1. The van der Waals surface area contributed by atoms with Gasteiger partial charge in [0.05, 0.1) is 5.56 Å². The maximum atomic E-state index is 12.7. The van der Waals surface area contributed by atoms with Crippen molar-refractivity contribution in [3.63, 3.8) is 0 Å². The summed E-state index contributed by atoms with van der Waals surface area (Å²) in [5.74, 6) is -0.805. The Morgan fingerprint density at radius 3 is 2.17 bits per heavy atom. The lowest BCUT2D eigenvalue weighted by Crippen LogP contribution is -2.35. The molecule has 1 heterocycles. The van der Waals surface area contributed by atoms with Crippen molar-refractivity contribution < 1.29 is 14.3 Å². The molecule has 0 aliphatic carbocycles. The molecule has 1 atom stereocenters. The highest BCUT2D eigenvalue weighted by Gasteiger charge is 2.22. The van der Waals surface area contributed by atoms with Gasteiger partial charge in [-0.3, -0.25) is 4.79 Å². The second-order valence-corrected chi connectivity index (χ2v) is 7.11. The van der Waals surface area contributed by atoms with Gasteiger partial charge in [0.25, 0.3) is 5.91 Å². The van der Waals surface area contributed by atoms with Gasteiger partial charge in [-0.2, -0.15) is 0 Å². The molecule has 1 amide bonds. The average Bonchev–Trinajstić information content (AvgIpc) is 3.02. The van der Waals surface area contributed by atoms with Crippen molar-refractivity contribution in [1.29, 1.82) is 0 Å². The van der Waals surface area contributed by atoms with Crippen LogP contribution in [0.4, 0.5) is 0 Å². The molecule has 0 aliphatic rings. The minimum absolute atomic E-state index is 0.319. The minimum atomic E-state index is -0.872. The van der Waals surface area contributed by atoms with Gasteiger partial charge in [-0.05, 0) is 38.0 Å². The molecule has 0 radical (unpaired) electrons. The number of ether oxygens (including phenoxy) is 1. The monoisotopic (exact) mass is 390 g/mol. The third kappa shape index (κ3) is 5.13. The van der Waals surface area contributed by atoms with E-state index in [-0.39, 0.29) is 5.91 Å². The van der Waals surface area contributed by atoms with Gasteiger partial charge in [-0.25, -0.2) is 4.79 Å². The van der Waals surface area contributed by atoms with Crippen LogP contribution in [0.15, 0.2) is 66.7 Å². The fourth-order valence-electron chi connectivity index (χ4n) is 3.22. The Balaban J connectivity index is 1.62. The van der Waals surface area contributed by atoms with Gasteiger partial charge in [0.1, 0.15) is 0 Å². The Morgan fingerprint density at radius 2 is 1.55 bits per heavy atom. The Bertz CT molecular complexity index is 978. The summed E-state index contributed by atoms with van der Waals surface area (Å²) < 4.78 is 7.50. The van der Waals surface area contributed by atoms with Crippen molar-refractivity contribution in [3.8, 4) is 0 Å². The van der Waals surface area contributed by atoms with E-state index < -0.39 is 12.1 Å². The zero-order valence-electron chi connectivity index (χ0n) is 17.0. The molecular formula is C24H26N2O3. The van der Waals surface area contributed by atoms with Crippen molar-refractivity contribution in [3.05, 3.63) is 94.8 Å². The van der Waals surface area contributed by atoms with Crippen LogP contribution in [0.25, 0.3) is 0 Å². The number of carbonyl (C=O) groups is 2. The summed E-state index contributed by atoms with van der Waals surface area (Å²) in [6.07, 6.45) is -0.872. The molecule has 0 fully saturated rings. The van der Waals surface area contributed by atoms with Gasteiger partial charge in [-0.15, -0.1) is 0 Å². The van der Waals surface area contributed by atoms with Crippen molar-refractivity contribution in [2.24, 2.45) is 0 Å². The first kappa shape index (κ1) is 20.4. The van der Waals surface area contributed by atoms with E-state index in [1.165, 1.54) is 0 Å². The topological polar surface area (TPSA) is 60.3 Å². The largest absolute Gasteiger partial charge is 0.449 e. The fourth-order valence-corrected chi connectivity index (χ4v) is 3.22. The van der Waals surface area contributed by atoms with Crippen molar-refractivity contribution in [1.82, 2.24) is 9.88 Å². The van der Waals surface area contributed by atoms with E-state index in [1.807, 2.05) is 68.4 Å². The third-order valence-electron chi connectivity index (χ3n) is 4.94. The maximum Gasteiger partial charge on any atom is 0.340 e. The molecule has 0 spiro atoms. The summed E-state index contributed by atoms with van der Waals surface area (Å²) in [7, 11) is 0. The molecule has 0 saturated carbocycles. The van der Waals surface area contributed by atoms with E-state index >= 15 is 0 Å². The number of amides is 1. The highest BCUT2D eigenvalue weighted by atomic mass is 16.5. The Hall–Kier alpha value is -3.34. The molecule has 5 nitrogen and oxygen atoms in total. The number of aryl methyl sites for hydroxylation is 1. The maximum absolute atomic E-state index is 12.7. The van der Waals surface area contributed by atoms with E-state index in [0.717, 1.165) is 22.5 Å². The van der Waals surface area contributed by atoms with Gasteiger partial charge in [0.2, 0.25) is 0 Å². The fraction of sp³-hybridized carbons (Fsp3) is 0.250. The van der Waals surface area contributed by atoms with Crippen LogP contribution in [0.2, 0.25) is 0 Å². The molecule has 3 aromatic rings. The van der Waals surface area contributed by atoms with Crippen molar-refractivity contribution in [2.75, 3.05) is 0 Å². The first-order valence-corrected chi connectivity index (χ1v) is 9.69. The number of benzene rings is 2. The molecular weight excluding hydrogens is 364 g/mol. The lowest BCUT2D eigenvalue weighted by molar-refractivity contribution is -0.129. The highest BCUT2D eigenvalue weighted by Crippen LogP contribution is 2.19. The second kappa shape index (κ2) is 9.24. The SMILES string of the molecule is Cc1cc(C(=O)O[C@H](C)C(=O)NCc2ccccc2)c(C)n1Cc1ccccc1. The normalized spacial score (nSPS) is 11.7. The predicted molar refractivity (Wildman–Crippen MR) is 113 cm³/mol. The zero-order valence-corrected chi connectivity index (χ0v) is 17.0. The highest BCUT2D eigenvalue weighted by molar-refractivity contribution is 5.93. The molecule has 0 aliphatic heterocycles. The van der Waals surface area contributed by atoms with Crippen LogP contribution in [0.1, 0.15) is 39.8 Å². The number of aromatic nitrogens is 1. The van der Waals surface area contributed by atoms with Crippen LogP contribution in [-0.2, 0) is 22.6 Å². The quantitative estimate of drug-likeness (QED) is 0.620. The van der Waals surface area contributed by atoms with Crippen LogP contribution in [-0.4, -0.2) is 22.5 Å². The van der Waals surface area contributed by atoms with Gasteiger partial charge in [-0.1, -0.05) is 60.7 Å². The smallest absolute Gasteiger partial charge is 0.340 e. The number of hydrogen-bond acceptors (Lipinski definition) is 3. The van der Waals surface area contributed by atoms with E-state index in [0.29, 0.717) is 18.7 Å².